The Bertz CT molecular complexity index is 981. The average molecular weight is 467 g/mol. The Balaban J connectivity index is 1.29. The summed E-state index contributed by atoms with van der Waals surface area (Å²) in [7, 11) is 0. The summed E-state index contributed by atoms with van der Waals surface area (Å²) in [4.78, 5) is 3.77. The van der Waals surface area contributed by atoms with Crippen molar-refractivity contribution < 1.29 is 22.5 Å². The summed E-state index contributed by atoms with van der Waals surface area (Å²) in [5, 5.41) is 2.06. The molecule has 0 saturated carbocycles. The summed E-state index contributed by atoms with van der Waals surface area (Å²) in [5.74, 6) is -0.376. The monoisotopic (exact) mass is 466 g/mol. The van der Waals surface area contributed by atoms with Gasteiger partial charge in [-0.15, -0.1) is 29.2 Å². The highest BCUT2D eigenvalue weighted by Crippen LogP contribution is 2.27. The number of ether oxygens (including phenoxy) is 1. The first-order valence-corrected chi connectivity index (χ1v) is 11.8. The van der Waals surface area contributed by atoms with E-state index in [4.69, 9.17) is 0 Å². The van der Waals surface area contributed by atoms with Crippen LogP contribution in [-0.4, -0.2) is 34.9 Å². The van der Waals surface area contributed by atoms with E-state index in [2.05, 4.69) is 50.1 Å². The minimum atomic E-state index is -4.78. The van der Waals surface area contributed by atoms with E-state index >= 15 is 0 Å². The third kappa shape index (κ3) is 6.24. The van der Waals surface area contributed by atoms with E-state index in [1.807, 2.05) is 6.07 Å². The third-order valence-corrected chi connectivity index (χ3v) is 7.11. The van der Waals surface area contributed by atoms with Crippen LogP contribution in [0.25, 0.3) is 10.4 Å². The molecule has 31 heavy (non-hydrogen) atoms. The van der Waals surface area contributed by atoms with Crippen molar-refractivity contribution in [1.82, 2.24) is 9.62 Å². The standard InChI is InChI=1S/C22H21F3N2O2S2/c23-22(24,25)29-19-3-1-4-20(13-19)31(28)26-18-10-11-27(15-18)14-16-6-8-17(9-7-16)21-5-2-12-30-21/h1-9,12-13,18,26H,10-11,14-15H2/t18-,31?/m1/s1. The molecule has 0 radical (unpaired) electrons. The van der Waals surface area contributed by atoms with Crippen LogP contribution in [0.2, 0.25) is 0 Å². The highest BCUT2D eigenvalue weighted by molar-refractivity contribution is 7.89. The first kappa shape index (κ1) is 22.2. The molecule has 0 spiro atoms. The Hall–Kier alpha value is -2.04. The van der Waals surface area contributed by atoms with Crippen LogP contribution in [0.4, 0.5) is 13.2 Å². The topological polar surface area (TPSA) is 47.6 Å². The van der Waals surface area contributed by atoms with Gasteiger partial charge in [-0.25, -0.2) is 0 Å². The Morgan fingerprint density at radius 3 is 2.65 bits per heavy atom. The highest BCUT2D eigenvalue weighted by Gasteiger charge is 2.32. The molecular weight excluding hydrogens is 445 g/mol. The number of alkyl halides is 3. The van der Waals surface area contributed by atoms with E-state index in [0.717, 1.165) is 32.1 Å². The van der Waals surface area contributed by atoms with E-state index < -0.39 is 17.7 Å². The van der Waals surface area contributed by atoms with Gasteiger partial charge in [0.05, 0.1) is 17.4 Å². The number of nitrogens with one attached hydrogen (secondary N) is 1. The summed E-state index contributed by atoms with van der Waals surface area (Å²) in [6.45, 7) is 2.38. The summed E-state index contributed by atoms with van der Waals surface area (Å²) < 4.78 is 56.7. The lowest BCUT2D eigenvalue weighted by Gasteiger charge is -2.18. The Morgan fingerprint density at radius 1 is 1.13 bits per heavy atom. The van der Waals surface area contributed by atoms with Crippen molar-refractivity contribution in [2.24, 2.45) is 0 Å². The van der Waals surface area contributed by atoms with Crippen molar-refractivity contribution in [2.45, 2.75) is 30.3 Å². The lowest BCUT2D eigenvalue weighted by molar-refractivity contribution is -0.274. The van der Waals surface area contributed by atoms with Crippen molar-refractivity contribution in [1.29, 1.82) is 0 Å². The first-order valence-electron chi connectivity index (χ1n) is 9.75. The second kappa shape index (κ2) is 9.62. The molecule has 1 fully saturated rings. The van der Waals surface area contributed by atoms with Crippen LogP contribution in [0, 0.1) is 0 Å². The van der Waals surface area contributed by atoms with Crippen molar-refractivity contribution in [3.8, 4) is 16.2 Å². The zero-order valence-electron chi connectivity index (χ0n) is 16.5. The lowest BCUT2D eigenvalue weighted by Crippen LogP contribution is -2.37. The minimum Gasteiger partial charge on any atom is -0.593 e. The van der Waals surface area contributed by atoms with Gasteiger partial charge < -0.3 is 9.29 Å². The molecule has 164 valence electrons. The minimum absolute atomic E-state index is 0.00147. The second-order valence-electron chi connectivity index (χ2n) is 7.30. The van der Waals surface area contributed by atoms with Gasteiger partial charge >= 0.3 is 6.36 Å². The number of rotatable bonds is 7. The van der Waals surface area contributed by atoms with E-state index in [-0.39, 0.29) is 16.7 Å². The van der Waals surface area contributed by atoms with Gasteiger partial charge in [0.1, 0.15) is 5.75 Å². The Kier molecular flexibility index (Phi) is 6.88. The van der Waals surface area contributed by atoms with Crippen LogP contribution < -0.4 is 9.46 Å². The van der Waals surface area contributed by atoms with Gasteiger partial charge in [0.15, 0.2) is 4.90 Å². The molecule has 4 nitrogen and oxygen atoms in total. The molecule has 1 aromatic heterocycles. The van der Waals surface area contributed by atoms with Gasteiger partial charge in [0, 0.05) is 30.6 Å². The van der Waals surface area contributed by atoms with Crippen molar-refractivity contribution in [3.63, 3.8) is 0 Å². The molecule has 0 bridgehead atoms. The zero-order valence-corrected chi connectivity index (χ0v) is 18.1. The molecular formula is C22H21F3N2O2S2. The number of thiophene rings is 1. The van der Waals surface area contributed by atoms with Crippen LogP contribution >= 0.6 is 11.3 Å². The first-order chi connectivity index (χ1) is 14.9. The fraction of sp³-hybridized carbons (Fsp3) is 0.273. The fourth-order valence-corrected chi connectivity index (χ4v) is 5.34. The average Bonchev–Trinajstić information content (AvgIpc) is 3.40. The van der Waals surface area contributed by atoms with Crippen LogP contribution in [0.3, 0.4) is 0 Å². The molecule has 1 N–H and O–H groups in total. The number of hydrogen-bond acceptors (Lipinski definition) is 5. The largest absolute Gasteiger partial charge is 0.593 e. The predicted octanol–water partition coefficient (Wildman–Crippen LogP) is 5.20. The Morgan fingerprint density at radius 2 is 1.94 bits per heavy atom. The third-order valence-electron chi connectivity index (χ3n) is 4.97. The SMILES string of the molecule is [O-][S+](N[C@@H]1CCN(Cc2ccc(-c3cccs3)cc2)C1)c1cccc(OC(F)(F)F)c1. The van der Waals surface area contributed by atoms with E-state index in [0.29, 0.717) is 0 Å². The molecule has 1 saturated heterocycles. The normalized spacial score (nSPS) is 18.3. The lowest BCUT2D eigenvalue weighted by atomic mass is 10.1. The molecule has 4 rings (SSSR count). The maximum Gasteiger partial charge on any atom is 0.573 e. The molecule has 9 heteroatoms. The zero-order chi connectivity index (χ0) is 21.8. The van der Waals surface area contributed by atoms with E-state index in [1.165, 1.54) is 34.2 Å². The quantitative estimate of drug-likeness (QED) is 0.486. The molecule has 1 unspecified atom stereocenters. The van der Waals surface area contributed by atoms with Gasteiger partial charge in [-0.2, -0.15) is 0 Å². The van der Waals surface area contributed by atoms with Gasteiger partial charge in [-0.05, 0) is 41.1 Å². The molecule has 3 aromatic rings. The molecule has 2 atom stereocenters. The second-order valence-corrected chi connectivity index (χ2v) is 9.50. The van der Waals surface area contributed by atoms with Gasteiger partial charge in [0.2, 0.25) is 0 Å². The predicted molar refractivity (Wildman–Crippen MR) is 116 cm³/mol. The molecule has 2 aromatic carbocycles. The summed E-state index contributed by atoms with van der Waals surface area (Å²) in [6.07, 6.45) is -3.96. The van der Waals surface area contributed by atoms with Gasteiger partial charge in [-0.1, -0.05) is 36.4 Å². The summed E-state index contributed by atoms with van der Waals surface area (Å²) >= 11 is 0.0947. The van der Waals surface area contributed by atoms with Crippen LogP contribution in [0.1, 0.15) is 12.0 Å². The molecule has 1 aliphatic heterocycles. The number of nitrogens with zero attached hydrogens (tertiary/aromatic N) is 1. The van der Waals surface area contributed by atoms with Crippen molar-refractivity contribution >= 4 is 22.7 Å². The van der Waals surface area contributed by atoms with Crippen molar-refractivity contribution in [3.05, 3.63) is 71.6 Å². The van der Waals surface area contributed by atoms with E-state index in [9.17, 15) is 17.7 Å². The number of benzene rings is 2. The van der Waals surface area contributed by atoms with Gasteiger partial charge in [0.25, 0.3) is 0 Å². The number of halogens is 3. The van der Waals surface area contributed by atoms with E-state index in [1.54, 1.807) is 11.3 Å². The number of likely N-dealkylation sites (tertiary alicyclic amines) is 1. The van der Waals surface area contributed by atoms with Crippen LogP contribution in [-0.2, 0) is 17.9 Å². The summed E-state index contributed by atoms with van der Waals surface area (Å²) in [5.41, 5.74) is 2.41. The maximum atomic E-state index is 12.6. The molecule has 0 aliphatic carbocycles. The Labute approximate surface area is 186 Å². The van der Waals surface area contributed by atoms with Crippen LogP contribution in [0.15, 0.2) is 70.9 Å². The summed E-state index contributed by atoms with van der Waals surface area (Å²) in [6, 6.07) is 17.9. The van der Waals surface area contributed by atoms with Crippen LogP contribution in [0.5, 0.6) is 5.75 Å². The molecule has 2 heterocycles. The smallest absolute Gasteiger partial charge is 0.573 e. The fourth-order valence-electron chi connectivity index (χ4n) is 3.55. The molecule has 0 amide bonds. The highest BCUT2D eigenvalue weighted by atomic mass is 32.2. The number of hydrogen-bond donors (Lipinski definition) is 1. The molecule has 1 aliphatic rings. The van der Waals surface area contributed by atoms with Crippen molar-refractivity contribution in [2.75, 3.05) is 13.1 Å². The van der Waals surface area contributed by atoms with Gasteiger partial charge in [-0.3, -0.25) is 4.90 Å². The maximum absolute atomic E-state index is 12.6.